The molecule has 0 aliphatic rings. The second-order valence-electron chi connectivity index (χ2n) is 3.13. The molecule has 0 unspecified atom stereocenters. The van der Waals surface area contributed by atoms with Crippen molar-refractivity contribution in [3.8, 4) is 17.2 Å². The van der Waals surface area contributed by atoms with Gasteiger partial charge in [0.05, 0.1) is 27.9 Å². The Kier molecular flexibility index (Phi) is 4.63. The maximum Gasteiger partial charge on any atom is 0.345 e. The number of benzene rings is 1. The Balaban J connectivity index is 3.29. The highest BCUT2D eigenvalue weighted by Gasteiger charge is 2.21. The lowest BCUT2D eigenvalue weighted by Crippen LogP contribution is -2.09. The van der Waals surface area contributed by atoms with E-state index in [0.29, 0.717) is 17.2 Å². The predicted octanol–water partition coefficient (Wildman–Crippen LogP) is 1.89. The summed E-state index contributed by atoms with van der Waals surface area (Å²) in [6.45, 7) is 2.03. The van der Waals surface area contributed by atoms with Crippen molar-refractivity contribution in [3.63, 3.8) is 0 Å². The maximum absolute atomic E-state index is 11.8. The fraction of sp³-hybridized carbons (Fsp3) is 0.417. The predicted molar refractivity (Wildman–Crippen MR) is 62.1 cm³/mol. The molecule has 0 spiro atoms. The van der Waals surface area contributed by atoms with Gasteiger partial charge in [0.15, 0.2) is 0 Å². The van der Waals surface area contributed by atoms with Crippen LogP contribution in [0, 0.1) is 0 Å². The quantitative estimate of drug-likeness (QED) is 0.735. The minimum atomic E-state index is -0.483. The van der Waals surface area contributed by atoms with Gasteiger partial charge >= 0.3 is 5.97 Å². The van der Waals surface area contributed by atoms with E-state index in [1.807, 2.05) is 0 Å². The Bertz CT molecular complexity index is 375. The molecule has 0 N–H and O–H groups in total. The Morgan fingerprint density at radius 1 is 1.06 bits per heavy atom. The minimum absolute atomic E-state index is 0.262. The van der Waals surface area contributed by atoms with Crippen molar-refractivity contribution in [1.29, 1.82) is 0 Å². The Morgan fingerprint density at radius 3 is 1.94 bits per heavy atom. The molecule has 1 aromatic rings. The van der Waals surface area contributed by atoms with E-state index in [1.54, 1.807) is 19.1 Å². The second-order valence-corrected chi connectivity index (χ2v) is 3.13. The number of esters is 1. The number of carbonyl (C=O) groups is 1. The average Bonchev–Trinajstić information content (AvgIpc) is 2.37. The van der Waals surface area contributed by atoms with Gasteiger partial charge in [0.2, 0.25) is 0 Å². The van der Waals surface area contributed by atoms with Gasteiger partial charge in [-0.1, -0.05) is 0 Å². The first-order chi connectivity index (χ1) is 8.17. The van der Waals surface area contributed by atoms with Crippen molar-refractivity contribution in [3.05, 3.63) is 17.7 Å². The molecule has 0 saturated carbocycles. The monoisotopic (exact) mass is 240 g/mol. The standard InChI is InChI=1S/C12H16O5/c1-5-17-12(13)11-9(15-3)6-8(14-2)7-10(11)16-4/h6-7H,5H2,1-4H3. The molecule has 0 aromatic heterocycles. The molecule has 0 aliphatic carbocycles. The molecule has 17 heavy (non-hydrogen) atoms. The van der Waals surface area contributed by atoms with Crippen LogP contribution in [-0.2, 0) is 4.74 Å². The summed E-state index contributed by atoms with van der Waals surface area (Å²) in [5.74, 6) is 0.787. The third-order valence-corrected chi connectivity index (χ3v) is 2.19. The molecule has 5 nitrogen and oxygen atoms in total. The summed E-state index contributed by atoms with van der Waals surface area (Å²) >= 11 is 0. The van der Waals surface area contributed by atoms with Crippen molar-refractivity contribution in [2.45, 2.75) is 6.92 Å². The number of ether oxygens (including phenoxy) is 4. The molecular weight excluding hydrogens is 224 g/mol. The second kappa shape index (κ2) is 5.98. The molecule has 0 bridgehead atoms. The molecule has 0 aliphatic heterocycles. The van der Waals surface area contributed by atoms with Crippen LogP contribution in [0.2, 0.25) is 0 Å². The van der Waals surface area contributed by atoms with Crippen molar-refractivity contribution < 1.29 is 23.7 Å². The van der Waals surface area contributed by atoms with Crippen LogP contribution in [0.3, 0.4) is 0 Å². The molecule has 0 heterocycles. The lowest BCUT2D eigenvalue weighted by atomic mass is 10.1. The normalized spacial score (nSPS) is 9.65. The number of carbonyl (C=O) groups excluding carboxylic acids is 1. The van der Waals surface area contributed by atoms with E-state index in [1.165, 1.54) is 21.3 Å². The first kappa shape index (κ1) is 13.2. The van der Waals surface area contributed by atoms with Gasteiger partial charge < -0.3 is 18.9 Å². The van der Waals surface area contributed by atoms with Gasteiger partial charge in [-0.3, -0.25) is 0 Å². The Hall–Kier alpha value is -1.91. The van der Waals surface area contributed by atoms with Crippen LogP contribution in [-0.4, -0.2) is 33.9 Å². The van der Waals surface area contributed by atoms with Gasteiger partial charge in [0, 0.05) is 12.1 Å². The average molecular weight is 240 g/mol. The first-order valence-corrected chi connectivity index (χ1v) is 5.15. The van der Waals surface area contributed by atoms with Crippen LogP contribution >= 0.6 is 0 Å². The molecule has 94 valence electrons. The van der Waals surface area contributed by atoms with Crippen LogP contribution < -0.4 is 14.2 Å². The highest BCUT2D eigenvalue weighted by molar-refractivity contribution is 5.96. The molecule has 5 heteroatoms. The fourth-order valence-electron chi connectivity index (χ4n) is 1.41. The summed E-state index contributed by atoms with van der Waals surface area (Å²) in [6, 6.07) is 3.21. The fourth-order valence-corrected chi connectivity index (χ4v) is 1.41. The van der Waals surface area contributed by atoms with Crippen molar-refractivity contribution in [1.82, 2.24) is 0 Å². The van der Waals surface area contributed by atoms with E-state index < -0.39 is 5.97 Å². The zero-order valence-corrected chi connectivity index (χ0v) is 10.4. The van der Waals surface area contributed by atoms with Gasteiger partial charge in [-0.15, -0.1) is 0 Å². The van der Waals surface area contributed by atoms with Crippen LogP contribution in [0.1, 0.15) is 17.3 Å². The summed E-state index contributed by atoms with van der Waals surface area (Å²) in [5, 5.41) is 0. The van der Waals surface area contributed by atoms with Crippen LogP contribution in [0.15, 0.2) is 12.1 Å². The summed E-state index contributed by atoms with van der Waals surface area (Å²) in [7, 11) is 4.46. The van der Waals surface area contributed by atoms with Gasteiger partial charge in [-0.2, -0.15) is 0 Å². The lowest BCUT2D eigenvalue weighted by molar-refractivity contribution is 0.0519. The number of rotatable bonds is 5. The number of methoxy groups -OCH3 is 3. The van der Waals surface area contributed by atoms with Crippen LogP contribution in [0.4, 0.5) is 0 Å². The van der Waals surface area contributed by atoms with Crippen molar-refractivity contribution >= 4 is 5.97 Å². The van der Waals surface area contributed by atoms with E-state index in [-0.39, 0.29) is 12.2 Å². The van der Waals surface area contributed by atoms with E-state index >= 15 is 0 Å². The van der Waals surface area contributed by atoms with E-state index in [9.17, 15) is 4.79 Å². The van der Waals surface area contributed by atoms with Gasteiger partial charge in [0.25, 0.3) is 0 Å². The SMILES string of the molecule is CCOC(=O)c1c(OC)cc(OC)cc1OC. The molecule has 0 fully saturated rings. The summed E-state index contributed by atoms with van der Waals surface area (Å²) < 4.78 is 20.3. The van der Waals surface area contributed by atoms with Gasteiger partial charge in [-0.05, 0) is 6.92 Å². The molecule has 1 aromatic carbocycles. The van der Waals surface area contributed by atoms with E-state index in [4.69, 9.17) is 18.9 Å². The van der Waals surface area contributed by atoms with Crippen molar-refractivity contribution in [2.75, 3.05) is 27.9 Å². The topological polar surface area (TPSA) is 54.0 Å². The zero-order chi connectivity index (χ0) is 12.8. The molecule has 1 rings (SSSR count). The van der Waals surface area contributed by atoms with E-state index in [2.05, 4.69) is 0 Å². The molecule has 0 saturated heterocycles. The van der Waals surface area contributed by atoms with E-state index in [0.717, 1.165) is 0 Å². The molecule has 0 atom stereocenters. The summed E-state index contributed by atoms with van der Waals surface area (Å²) in [5.41, 5.74) is 0.262. The highest BCUT2D eigenvalue weighted by atomic mass is 16.5. The number of hydrogen-bond donors (Lipinski definition) is 0. The molecule has 0 radical (unpaired) electrons. The largest absolute Gasteiger partial charge is 0.496 e. The van der Waals surface area contributed by atoms with Crippen molar-refractivity contribution in [2.24, 2.45) is 0 Å². The highest BCUT2D eigenvalue weighted by Crippen LogP contribution is 2.34. The molecular formula is C12H16O5. The Morgan fingerprint density at radius 2 is 1.59 bits per heavy atom. The smallest absolute Gasteiger partial charge is 0.345 e. The Labute approximate surface area is 100 Å². The summed E-state index contributed by atoms with van der Waals surface area (Å²) in [6.07, 6.45) is 0. The van der Waals surface area contributed by atoms with Crippen LogP contribution in [0.25, 0.3) is 0 Å². The first-order valence-electron chi connectivity index (χ1n) is 5.15. The molecule has 0 amide bonds. The summed E-state index contributed by atoms with van der Waals surface area (Å²) in [4.78, 5) is 11.8. The minimum Gasteiger partial charge on any atom is -0.496 e. The van der Waals surface area contributed by atoms with Gasteiger partial charge in [0.1, 0.15) is 22.8 Å². The third-order valence-electron chi connectivity index (χ3n) is 2.19. The van der Waals surface area contributed by atoms with Crippen LogP contribution in [0.5, 0.6) is 17.2 Å². The zero-order valence-electron chi connectivity index (χ0n) is 10.4. The number of hydrogen-bond acceptors (Lipinski definition) is 5. The maximum atomic E-state index is 11.8. The lowest BCUT2D eigenvalue weighted by Gasteiger charge is -2.13. The third kappa shape index (κ3) is 2.81. The van der Waals surface area contributed by atoms with Gasteiger partial charge in [-0.25, -0.2) is 4.79 Å².